The molecule has 1 aliphatic heterocycles. The zero-order valence-electron chi connectivity index (χ0n) is 12.8. The maximum atomic E-state index is 12.4. The topological polar surface area (TPSA) is 53.4 Å². The second-order valence-corrected chi connectivity index (χ2v) is 7.26. The number of hydrogen-bond acceptors (Lipinski definition) is 4. The van der Waals surface area contributed by atoms with E-state index in [1.54, 1.807) is 42.2 Å². The quantitative estimate of drug-likeness (QED) is 0.885. The fourth-order valence-electron chi connectivity index (χ4n) is 2.96. The van der Waals surface area contributed by atoms with Crippen LogP contribution in [0.2, 0.25) is 0 Å². The first-order chi connectivity index (χ1) is 10.4. The Bertz CT molecular complexity index is 682. The summed E-state index contributed by atoms with van der Waals surface area (Å²) in [6.07, 6.45) is 5.13. The summed E-state index contributed by atoms with van der Waals surface area (Å²) in [7, 11) is 0. The van der Waals surface area contributed by atoms with Gasteiger partial charge < -0.3 is 10.0 Å². The monoisotopic (exact) mass is 316 g/mol. The Morgan fingerprint density at radius 3 is 2.95 bits per heavy atom. The Kier molecular flexibility index (Phi) is 4.02. The Morgan fingerprint density at radius 1 is 1.45 bits per heavy atom. The van der Waals surface area contributed by atoms with Crippen molar-refractivity contribution in [3.05, 3.63) is 35.3 Å². The summed E-state index contributed by atoms with van der Waals surface area (Å²) in [5, 5.41) is 11.0. The summed E-state index contributed by atoms with van der Waals surface area (Å²) in [6.45, 7) is 4.23. The van der Waals surface area contributed by atoms with Crippen molar-refractivity contribution >= 4 is 33.5 Å². The molecule has 1 fully saturated rings. The average molecular weight is 316 g/mol. The van der Waals surface area contributed by atoms with Crippen LogP contribution in [0, 0.1) is 0 Å². The first-order valence-corrected chi connectivity index (χ1v) is 8.33. The standard InChI is InChI=1S/C17H20N2O2S/c1-17(2,21)14-8-5-11-19(14)16(20)10-9-15-18-12-6-3-4-7-13(12)22-15/h3-4,6-7,9-10,14,21H,5,8,11H2,1-2H3/b10-9+. The lowest BCUT2D eigenvalue weighted by molar-refractivity contribution is -0.131. The van der Waals surface area contributed by atoms with Gasteiger partial charge in [-0.05, 0) is 44.9 Å². The van der Waals surface area contributed by atoms with Crippen molar-refractivity contribution in [3.63, 3.8) is 0 Å². The number of rotatable bonds is 3. The number of aromatic nitrogens is 1. The number of para-hydroxylation sites is 1. The number of carbonyl (C=O) groups is 1. The first kappa shape index (κ1) is 15.2. The number of likely N-dealkylation sites (tertiary alicyclic amines) is 1. The van der Waals surface area contributed by atoms with E-state index in [1.807, 2.05) is 24.3 Å². The maximum Gasteiger partial charge on any atom is 0.247 e. The van der Waals surface area contributed by atoms with Crippen molar-refractivity contribution < 1.29 is 9.90 Å². The molecule has 1 aromatic heterocycles. The molecule has 1 saturated heterocycles. The fourth-order valence-corrected chi connectivity index (χ4v) is 3.83. The molecule has 3 rings (SSSR count). The smallest absolute Gasteiger partial charge is 0.247 e. The Balaban J connectivity index is 1.75. The van der Waals surface area contributed by atoms with E-state index in [0.717, 1.165) is 28.1 Å². The second kappa shape index (κ2) is 5.82. The lowest BCUT2D eigenvalue weighted by Gasteiger charge is -2.33. The SMILES string of the molecule is CC(C)(O)C1CCCN1C(=O)/C=C/c1nc2ccccc2s1. The van der Waals surface area contributed by atoms with E-state index in [0.29, 0.717) is 6.54 Å². The minimum atomic E-state index is -0.865. The van der Waals surface area contributed by atoms with Crippen LogP contribution in [-0.4, -0.2) is 39.1 Å². The van der Waals surface area contributed by atoms with E-state index in [9.17, 15) is 9.90 Å². The molecule has 1 atom stereocenters. The van der Waals surface area contributed by atoms with Crippen molar-refractivity contribution in [2.24, 2.45) is 0 Å². The van der Waals surface area contributed by atoms with Gasteiger partial charge in [0.1, 0.15) is 5.01 Å². The molecular formula is C17H20N2O2S. The van der Waals surface area contributed by atoms with Gasteiger partial charge in [-0.1, -0.05) is 12.1 Å². The van der Waals surface area contributed by atoms with Crippen LogP contribution >= 0.6 is 11.3 Å². The lowest BCUT2D eigenvalue weighted by atomic mass is 9.96. The molecule has 4 nitrogen and oxygen atoms in total. The van der Waals surface area contributed by atoms with E-state index in [-0.39, 0.29) is 11.9 Å². The molecule has 0 radical (unpaired) electrons. The number of fused-ring (bicyclic) bond motifs is 1. The van der Waals surface area contributed by atoms with Gasteiger partial charge in [0.2, 0.25) is 5.91 Å². The van der Waals surface area contributed by atoms with Gasteiger partial charge in [0.25, 0.3) is 0 Å². The van der Waals surface area contributed by atoms with Crippen LogP contribution < -0.4 is 0 Å². The molecule has 1 aromatic carbocycles. The summed E-state index contributed by atoms with van der Waals surface area (Å²) in [5.41, 5.74) is 0.0886. The number of aliphatic hydroxyl groups is 1. The van der Waals surface area contributed by atoms with E-state index < -0.39 is 5.60 Å². The molecule has 1 aliphatic rings. The first-order valence-electron chi connectivity index (χ1n) is 7.52. The summed E-state index contributed by atoms with van der Waals surface area (Å²) in [4.78, 5) is 18.7. The predicted molar refractivity (Wildman–Crippen MR) is 89.7 cm³/mol. The third kappa shape index (κ3) is 3.05. The highest BCUT2D eigenvalue weighted by Gasteiger charge is 2.37. The maximum absolute atomic E-state index is 12.4. The van der Waals surface area contributed by atoms with Crippen molar-refractivity contribution in [1.29, 1.82) is 0 Å². The average Bonchev–Trinajstić information content (AvgIpc) is 3.10. The Hall–Kier alpha value is -1.72. The second-order valence-electron chi connectivity index (χ2n) is 6.20. The molecule has 1 unspecified atom stereocenters. The molecule has 0 bridgehead atoms. The number of hydrogen-bond donors (Lipinski definition) is 1. The molecule has 0 saturated carbocycles. The summed E-state index contributed by atoms with van der Waals surface area (Å²) in [5.74, 6) is -0.0520. The number of benzene rings is 1. The Labute approximate surface area is 134 Å². The van der Waals surface area contributed by atoms with Gasteiger partial charge in [-0.25, -0.2) is 4.98 Å². The molecule has 2 heterocycles. The number of nitrogens with zero attached hydrogens (tertiary/aromatic N) is 2. The van der Waals surface area contributed by atoms with Crippen LogP contribution in [0.3, 0.4) is 0 Å². The number of carbonyl (C=O) groups excluding carboxylic acids is 1. The van der Waals surface area contributed by atoms with Gasteiger partial charge in [-0.2, -0.15) is 0 Å². The molecule has 1 amide bonds. The van der Waals surface area contributed by atoms with Gasteiger partial charge >= 0.3 is 0 Å². The van der Waals surface area contributed by atoms with Gasteiger partial charge in [0.15, 0.2) is 0 Å². The molecule has 116 valence electrons. The molecule has 5 heteroatoms. The predicted octanol–water partition coefficient (Wildman–Crippen LogP) is 3.07. The molecule has 0 aliphatic carbocycles. The van der Waals surface area contributed by atoms with Crippen LogP contribution in [-0.2, 0) is 4.79 Å². The molecular weight excluding hydrogens is 296 g/mol. The summed E-state index contributed by atoms with van der Waals surface area (Å²) < 4.78 is 1.12. The minimum Gasteiger partial charge on any atom is -0.388 e. The van der Waals surface area contributed by atoms with Gasteiger partial charge in [-0.3, -0.25) is 4.79 Å². The zero-order valence-corrected chi connectivity index (χ0v) is 13.6. The lowest BCUT2D eigenvalue weighted by Crippen LogP contribution is -2.47. The number of thiazole rings is 1. The molecule has 1 N–H and O–H groups in total. The number of amides is 1. The normalized spacial score (nSPS) is 19.4. The highest BCUT2D eigenvalue weighted by molar-refractivity contribution is 7.19. The molecule has 22 heavy (non-hydrogen) atoms. The van der Waals surface area contributed by atoms with Crippen LogP contribution in [0.1, 0.15) is 31.7 Å². The van der Waals surface area contributed by atoms with E-state index in [4.69, 9.17) is 0 Å². The molecule has 2 aromatic rings. The third-order valence-corrected chi connectivity index (χ3v) is 5.03. The largest absolute Gasteiger partial charge is 0.388 e. The van der Waals surface area contributed by atoms with Crippen molar-refractivity contribution in [2.75, 3.05) is 6.54 Å². The van der Waals surface area contributed by atoms with Crippen LogP contribution in [0.25, 0.3) is 16.3 Å². The van der Waals surface area contributed by atoms with E-state index in [2.05, 4.69) is 4.98 Å². The minimum absolute atomic E-state index is 0.0520. The fraction of sp³-hybridized carbons (Fsp3) is 0.412. The van der Waals surface area contributed by atoms with Crippen molar-refractivity contribution in [3.8, 4) is 0 Å². The summed E-state index contributed by atoms with van der Waals surface area (Å²) in [6, 6.07) is 7.82. The van der Waals surface area contributed by atoms with Gasteiger partial charge in [0, 0.05) is 12.6 Å². The van der Waals surface area contributed by atoms with Crippen molar-refractivity contribution in [2.45, 2.75) is 38.3 Å². The van der Waals surface area contributed by atoms with Gasteiger partial charge in [0.05, 0.1) is 21.9 Å². The molecule has 0 spiro atoms. The third-order valence-electron chi connectivity index (χ3n) is 4.03. The van der Waals surface area contributed by atoms with Crippen molar-refractivity contribution in [1.82, 2.24) is 9.88 Å². The van der Waals surface area contributed by atoms with Crippen LogP contribution in [0.4, 0.5) is 0 Å². The highest BCUT2D eigenvalue weighted by Crippen LogP contribution is 2.27. The van der Waals surface area contributed by atoms with Crippen LogP contribution in [0.15, 0.2) is 30.3 Å². The zero-order chi connectivity index (χ0) is 15.7. The highest BCUT2D eigenvalue weighted by atomic mass is 32.1. The Morgan fingerprint density at radius 2 is 2.23 bits per heavy atom. The van der Waals surface area contributed by atoms with Gasteiger partial charge in [-0.15, -0.1) is 11.3 Å². The summed E-state index contributed by atoms with van der Waals surface area (Å²) >= 11 is 1.57. The van der Waals surface area contributed by atoms with E-state index >= 15 is 0 Å². The van der Waals surface area contributed by atoms with E-state index in [1.165, 1.54) is 0 Å². The van der Waals surface area contributed by atoms with Crippen LogP contribution in [0.5, 0.6) is 0 Å².